The molecular weight excluding hydrogens is 644 g/mol. The van der Waals surface area contributed by atoms with Gasteiger partial charge in [-0.05, 0) is 60.2 Å². The van der Waals surface area contributed by atoms with Crippen molar-refractivity contribution < 1.29 is 36.7 Å². The van der Waals surface area contributed by atoms with Crippen LogP contribution >= 0.6 is 0 Å². The number of amides is 3. The molecular formula is C35H36F4N6O4. The Morgan fingerprint density at radius 2 is 1.67 bits per heavy atom. The summed E-state index contributed by atoms with van der Waals surface area (Å²) in [6.07, 6.45) is -1.43. The van der Waals surface area contributed by atoms with Gasteiger partial charge in [0.25, 0.3) is 5.91 Å². The van der Waals surface area contributed by atoms with Gasteiger partial charge in [0.15, 0.2) is 5.69 Å². The maximum Gasteiger partial charge on any atom is 0.433 e. The zero-order valence-electron chi connectivity index (χ0n) is 26.7. The predicted octanol–water partition coefficient (Wildman–Crippen LogP) is 4.77. The first-order valence-corrected chi connectivity index (χ1v) is 16.6. The number of nitrogens with one attached hydrogen (secondary N) is 1. The number of alkyl halides is 4. The van der Waals surface area contributed by atoms with Crippen LogP contribution < -0.4 is 15.0 Å². The summed E-state index contributed by atoms with van der Waals surface area (Å²) in [6, 6.07) is 13.2. The average Bonchev–Trinajstić information content (AvgIpc) is 3.41. The zero-order chi connectivity index (χ0) is 34.3. The predicted molar refractivity (Wildman–Crippen MR) is 169 cm³/mol. The third-order valence-electron chi connectivity index (χ3n) is 10.0. The third-order valence-corrected chi connectivity index (χ3v) is 10.0. The van der Waals surface area contributed by atoms with Gasteiger partial charge in [-0.3, -0.25) is 24.6 Å². The van der Waals surface area contributed by atoms with E-state index in [0.29, 0.717) is 75.1 Å². The number of hydrogen-bond donors (Lipinski definition) is 1. The van der Waals surface area contributed by atoms with E-state index >= 15 is 4.39 Å². The van der Waals surface area contributed by atoms with Crippen molar-refractivity contribution in [1.82, 2.24) is 25.1 Å². The molecule has 3 saturated heterocycles. The van der Waals surface area contributed by atoms with E-state index < -0.39 is 29.5 Å². The maximum absolute atomic E-state index is 16.3. The molecule has 3 amide bonds. The SMILES string of the molecule is O=C1CCC(N2Cc3cc(C4(F)CCN(Cc5ccc(N6CCC(Oc7nccc(C(F)(F)F)n7)CC6)cc5)CC4)ccc3C2=O)C(=O)N1. The fourth-order valence-electron chi connectivity index (χ4n) is 7.21. The quantitative estimate of drug-likeness (QED) is 0.281. The number of imide groups is 1. The van der Waals surface area contributed by atoms with Gasteiger partial charge in [-0.2, -0.15) is 18.2 Å². The summed E-state index contributed by atoms with van der Waals surface area (Å²) in [4.78, 5) is 50.2. The van der Waals surface area contributed by atoms with Crippen LogP contribution in [-0.4, -0.2) is 75.8 Å². The molecule has 14 heteroatoms. The van der Waals surface area contributed by atoms with Gasteiger partial charge >= 0.3 is 12.2 Å². The standard InChI is InChI=1S/C35H36F4N6O4/c36-34(24-3-6-27-23(19-24)21-45(32(27)48)28-7-8-30(46)42-31(28)47)12-17-43(18-13-34)20-22-1-4-25(5-2-22)44-15-10-26(11-16-44)49-33-40-14-9-29(41-33)35(37,38)39/h1-6,9,14,19,26,28H,7-8,10-13,15-18,20-21H2,(H,42,46,47). The van der Waals surface area contributed by atoms with Gasteiger partial charge in [0.1, 0.15) is 17.8 Å². The van der Waals surface area contributed by atoms with Crippen molar-refractivity contribution in [3.05, 3.63) is 82.7 Å². The summed E-state index contributed by atoms with van der Waals surface area (Å²) in [5.41, 5.74) is 1.33. The molecule has 0 aliphatic carbocycles. The lowest BCUT2D eigenvalue weighted by Gasteiger charge is -2.37. The average molecular weight is 681 g/mol. The minimum Gasteiger partial charge on any atom is -0.460 e. The molecule has 5 heterocycles. The number of fused-ring (bicyclic) bond motifs is 1. The van der Waals surface area contributed by atoms with Crippen molar-refractivity contribution in [2.24, 2.45) is 0 Å². The fourth-order valence-corrected chi connectivity index (χ4v) is 7.21. The Bertz CT molecular complexity index is 1740. The molecule has 4 aliphatic rings. The molecule has 258 valence electrons. The molecule has 3 aromatic rings. The lowest BCUT2D eigenvalue weighted by atomic mass is 9.84. The number of hydrogen-bond acceptors (Lipinski definition) is 8. The van der Waals surface area contributed by atoms with Crippen molar-refractivity contribution >= 4 is 23.4 Å². The molecule has 0 radical (unpaired) electrons. The van der Waals surface area contributed by atoms with Gasteiger partial charge in [-0.1, -0.05) is 24.3 Å². The van der Waals surface area contributed by atoms with Gasteiger partial charge in [-0.25, -0.2) is 9.37 Å². The number of anilines is 1. The van der Waals surface area contributed by atoms with Gasteiger partial charge in [0.05, 0.1) is 0 Å². The highest BCUT2D eigenvalue weighted by atomic mass is 19.4. The number of benzene rings is 2. The number of ether oxygens (including phenoxy) is 1. The molecule has 1 aromatic heterocycles. The molecule has 0 saturated carbocycles. The van der Waals surface area contributed by atoms with Crippen LogP contribution in [0.2, 0.25) is 0 Å². The van der Waals surface area contributed by atoms with E-state index in [1.54, 1.807) is 18.2 Å². The molecule has 0 spiro atoms. The number of piperidine rings is 3. The largest absolute Gasteiger partial charge is 0.460 e. The molecule has 2 aromatic carbocycles. The van der Waals surface area contributed by atoms with Crippen LogP contribution in [-0.2, 0) is 34.5 Å². The molecule has 1 atom stereocenters. The van der Waals surface area contributed by atoms with Gasteiger partial charge < -0.3 is 14.5 Å². The van der Waals surface area contributed by atoms with E-state index in [0.717, 1.165) is 23.5 Å². The Labute approximate surface area is 280 Å². The second-order valence-electron chi connectivity index (χ2n) is 13.2. The van der Waals surface area contributed by atoms with E-state index in [2.05, 4.69) is 49.4 Å². The van der Waals surface area contributed by atoms with Crippen molar-refractivity contribution in [1.29, 1.82) is 0 Å². The Morgan fingerprint density at radius 3 is 2.37 bits per heavy atom. The molecule has 49 heavy (non-hydrogen) atoms. The van der Waals surface area contributed by atoms with Crippen LogP contribution in [0, 0.1) is 0 Å². The number of aromatic nitrogens is 2. The summed E-state index contributed by atoms with van der Waals surface area (Å²) in [5.74, 6) is -1.08. The molecule has 0 bridgehead atoms. The Kier molecular flexibility index (Phi) is 8.76. The van der Waals surface area contributed by atoms with E-state index in [-0.39, 0.29) is 43.3 Å². The second-order valence-corrected chi connectivity index (χ2v) is 13.2. The monoisotopic (exact) mass is 680 g/mol. The fraction of sp³-hybridized carbons (Fsp3) is 0.457. The minimum atomic E-state index is -4.55. The summed E-state index contributed by atoms with van der Waals surface area (Å²) < 4.78 is 60.9. The number of nitrogens with zero attached hydrogens (tertiary/aromatic N) is 5. The van der Waals surface area contributed by atoms with Crippen molar-refractivity contribution in [3.8, 4) is 6.01 Å². The Hall–Kier alpha value is -4.59. The Morgan fingerprint density at radius 1 is 0.939 bits per heavy atom. The zero-order valence-corrected chi connectivity index (χ0v) is 26.7. The lowest BCUT2D eigenvalue weighted by molar-refractivity contribution is -0.141. The molecule has 7 rings (SSSR count). The summed E-state index contributed by atoms with van der Waals surface area (Å²) >= 11 is 0. The molecule has 1 unspecified atom stereocenters. The maximum atomic E-state index is 16.3. The number of carbonyl (C=O) groups is 3. The van der Waals surface area contributed by atoms with Crippen molar-refractivity contribution in [3.63, 3.8) is 0 Å². The van der Waals surface area contributed by atoms with Gasteiger partial charge in [0.2, 0.25) is 11.8 Å². The number of rotatable bonds is 7. The van der Waals surface area contributed by atoms with Gasteiger partial charge in [0, 0.05) is 76.0 Å². The summed E-state index contributed by atoms with van der Waals surface area (Å²) in [5, 5.41) is 2.30. The highest BCUT2D eigenvalue weighted by Gasteiger charge is 2.41. The van der Waals surface area contributed by atoms with Crippen LogP contribution in [0.4, 0.5) is 23.2 Å². The smallest absolute Gasteiger partial charge is 0.433 e. The first kappa shape index (κ1) is 32.9. The van der Waals surface area contributed by atoms with Crippen molar-refractivity contribution in [2.45, 2.75) is 75.6 Å². The third kappa shape index (κ3) is 6.96. The Balaban J connectivity index is 0.893. The highest BCUT2D eigenvalue weighted by Crippen LogP contribution is 2.40. The number of carbonyl (C=O) groups excluding carboxylic acids is 3. The number of likely N-dealkylation sites (tertiary alicyclic amines) is 1. The van der Waals surface area contributed by atoms with Crippen LogP contribution in [0.25, 0.3) is 0 Å². The second kappa shape index (κ2) is 13.0. The first-order chi connectivity index (χ1) is 23.4. The summed E-state index contributed by atoms with van der Waals surface area (Å²) in [6.45, 7) is 3.40. The van der Waals surface area contributed by atoms with Crippen LogP contribution in [0.3, 0.4) is 0 Å². The van der Waals surface area contributed by atoms with Crippen LogP contribution in [0.1, 0.15) is 71.3 Å². The topological polar surface area (TPSA) is 108 Å². The highest BCUT2D eigenvalue weighted by molar-refractivity contribution is 6.05. The van der Waals surface area contributed by atoms with E-state index in [9.17, 15) is 27.6 Å². The van der Waals surface area contributed by atoms with E-state index in [4.69, 9.17) is 4.74 Å². The molecule has 4 aliphatic heterocycles. The lowest BCUT2D eigenvalue weighted by Crippen LogP contribution is -2.52. The van der Waals surface area contributed by atoms with Crippen LogP contribution in [0.15, 0.2) is 54.7 Å². The van der Waals surface area contributed by atoms with Crippen molar-refractivity contribution in [2.75, 3.05) is 31.1 Å². The molecule has 3 fully saturated rings. The number of halogens is 4. The van der Waals surface area contributed by atoms with E-state index in [1.165, 1.54) is 4.90 Å². The first-order valence-electron chi connectivity index (χ1n) is 16.6. The minimum absolute atomic E-state index is 0.179. The van der Waals surface area contributed by atoms with E-state index in [1.807, 2.05) is 0 Å². The molecule has 10 nitrogen and oxygen atoms in total. The van der Waals surface area contributed by atoms with Gasteiger partial charge in [-0.15, -0.1) is 0 Å². The molecule has 1 N–H and O–H groups in total. The summed E-state index contributed by atoms with van der Waals surface area (Å²) in [7, 11) is 0. The van der Waals surface area contributed by atoms with Crippen LogP contribution in [0.5, 0.6) is 6.01 Å². The normalized spacial score (nSPS) is 21.9.